The Morgan fingerprint density at radius 3 is 0.770 bits per heavy atom. The number of rotatable bonds is 5. The summed E-state index contributed by atoms with van der Waals surface area (Å²) in [7, 11) is 0. The molecule has 4 aliphatic carbocycles. The van der Waals surface area contributed by atoms with Gasteiger partial charge in [0, 0.05) is 12.6 Å². The van der Waals surface area contributed by atoms with E-state index in [1.807, 2.05) is 0 Å². The highest BCUT2D eigenvalue weighted by Crippen LogP contribution is 2.87. The zero-order chi connectivity index (χ0) is 44.3. The fourth-order valence-corrected chi connectivity index (χ4v) is 26.7. The lowest BCUT2D eigenvalue weighted by molar-refractivity contribution is 0.222. The normalized spacial score (nSPS) is 23.3. The van der Waals surface area contributed by atoms with Crippen LogP contribution in [-0.4, -0.2) is 24.5 Å². The molecule has 0 amide bonds. The van der Waals surface area contributed by atoms with Crippen molar-refractivity contribution in [1.82, 2.24) is 4.90 Å². The van der Waals surface area contributed by atoms with Crippen LogP contribution in [0.1, 0.15) is 46.7 Å². The Bertz CT molecular complexity index is 7260. The highest BCUT2D eigenvalue weighted by Gasteiger charge is 2.76. The van der Waals surface area contributed by atoms with E-state index in [1.165, 1.54) is 5.56 Å². The summed E-state index contributed by atoms with van der Waals surface area (Å²) < 4.78 is 0. The van der Waals surface area contributed by atoms with E-state index in [1.54, 1.807) is 313 Å². The SMILES string of the molecule is NCCCCN1CC23c4c5c6c7c8c9c(c%10c%11c2c2c4c4c%12c5c5c6c6c8c8c%13c9c9c%10c%10c%11c%11c2c2c4c4c%12c%12c5c5c6c8c6c8c%13c9c9c%10c%10c%11c2c2c4c4c%12c5c6c5c8c9c%10c2c45)C73C1c1ccccc1. The van der Waals surface area contributed by atoms with Crippen molar-refractivity contribution in [3.63, 3.8) is 0 Å². The fraction of sp³-hybridized carbons (Fsp3) is 0.111. The molecule has 0 bridgehead atoms. The molecular formula is C72H18N2. The zero-order valence-electron chi connectivity index (χ0n) is 38.5. The number of benzene rings is 19. The van der Waals surface area contributed by atoms with Crippen molar-refractivity contribution in [3.05, 3.63) is 58.1 Å². The molecule has 1 aliphatic heterocycles. The Kier molecular flexibility index (Phi) is 2.63. The van der Waals surface area contributed by atoms with E-state index in [-0.39, 0.29) is 16.9 Å². The minimum absolute atomic E-state index is 0.178. The minimum atomic E-state index is -0.317. The molecule has 2 N–H and O–H groups in total. The first-order valence-corrected chi connectivity index (χ1v) is 28.1. The second-order valence-corrected chi connectivity index (χ2v) is 27.2. The monoisotopic (exact) mass is 910 g/mol. The summed E-state index contributed by atoms with van der Waals surface area (Å²) >= 11 is 0. The smallest absolute Gasteiger partial charge is 0.0575 e. The van der Waals surface area contributed by atoms with Crippen molar-refractivity contribution in [3.8, 4) is 0 Å². The third-order valence-electron chi connectivity index (χ3n) is 26.8. The number of likely N-dealkylation sites (tertiary alicyclic amines) is 1. The van der Waals surface area contributed by atoms with E-state index in [0.717, 1.165) is 32.5 Å². The molecule has 74 heavy (non-hydrogen) atoms. The van der Waals surface area contributed by atoms with Gasteiger partial charge in [0.05, 0.1) is 10.8 Å². The molecule has 2 spiro atoms. The maximum Gasteiger partial charge on any atom is 0.0575 e. The number of nitrogens with zero attached hydrogens (tertiary/aromatic N) is 1. The van der Waals surface area contributed by atoms with E-state index in [2.05, 4.69) is 35.2 Å². The van der Waals surface area contributed by atoms with Crippen LogP contribution in [0.15, 0.2) is 30.3 Å². The molecule has 0 saturated carbocycles. The lowest BCUT2D eigenvalue weighted by Gasteiger charge is -2.52. The third-order valence-corrected chi connectivity index (χ3v) is 26.8. The molecule has 0 aromatic heterocycles. The molecule has 1 heterocycles. The van der Waals surface area contributed by atoms with Gasteiger partial charge in [-0.05, 0) is 345 Å². The van der Waals surface area contributed by atoms with Crippen LogP contribution in [-0.2, 0) is 10.8 Å². The molecule has 2 nitrogen and oxygen atoms in total. The topological polar surface area (TPSA) is 29.3 Å². The van der Waals surface area contributed by atoms with Crippen molar-refractivity contribution in [2.24, 2.45) is 5.73 Å². The van der Waals surface area contributed by atoms with Crippen molar-refractivity contribution in [2.45, 2.75) is 29.7 Å². The van der Waals surface area contributed by atoms with Crippen molar-refractivity contribution in [1.29, 1.82) is 0 Å². The first-order chi connectivity index (χ1) is 36.9. The van der Waals surface area contributed by atoms with Gasteiger partial charge in [0.2, 0.25) is 0 Å². The average Bonchev–Trinajstić information content (AvgIpc) is 4.30. The van der Waals surface area contributed by atoms with Crippen LogP contribution in [0.2, 0.25) is 0 Å². The van der Waals surface area contributed by atoms with E-state index in [0.29, 0.717) is 0 Å². The van der Waals surface area contributed by atoms with Crippen LogP contribution in [0.4, 0.5) is 0 Å². The van der Waals surface area contributed by atoms with E-state index >= 15 is 0 Å². The van der Waals surface area contributed by atoms with Crippen LogP contribution in [0.25, 0.3) is 291 Å². The average molecular weight is 911 g/mol. The van der Waals surface area contributed by atoms with Gasteiger partial charge in [-0.1, -0.05) is 30.3 Å². The Hall–Kier alpha value is -8.40. The van der Waals surface area contributed by atoms with Gasteiger partial charge in [-0.25, -0.2) is 0 Å². The van der Waals surface area contributed by atoms with E-state index < -0.39 is 0 Å². The summed E-state index contributed by atoms with van der Waals surface area (Å²) in [5.74, 6) is 0. The van der Waals surface area contributed by atoms with Gasteiger partial charge in [-0.15, -0.1) is 0 Å². The molecule has 5 aliphatic rings. The Labute approximate surface area is 406 Å². The molecule has 316 valence electrons. The molecule has 34 rings (SSSR count). The van der Waals surface area contributed by atoms with E-state index in [9.17, 15) is 0 Å². The second kappa shape index (κ2) is 6.76. The maximum atomic E-state index is 6.50. The molecule has 2 heteroatoms. The molecule has 1 atom stereocenters. The Morgan fingerprint density at radius 2 is 0.527 bits per heavy atom. The first-order valence-electron chi connectivity index (χ1n) is 28.1. The minimum Gasteiger partial charge on any atom is -0.330 e. The highest BCUT2D eigenvalue weighted by molar-refractivity contribution is 6.82. The summed E-state index contributed by atoms with van der Waals surface area (Å²) in [6.07, 6.45) is 2.19. The first kappa shape index (κ1) is 28.7. The van der Waals surface area contributed by atoms with Crippen molar-refractivity contribution in [2.75, 3.05) is 19.6 Å². The predicted molar refractivity (Wildman–Crippen MR) is 313 cm³/mol. The van der Waals surface area contributed by atoms with E-state index in [4.69, 9.17) is 5.73 Å². The van der Waals surface area contributed by atoms with Gasteiger partial charge >= 0.3 is 0 Å². The molecular weight excluding hydrogens is 893 g/mol. The fourth-order valence-electron chi connectivity index (χ4n) is 26.7. The maximum absolute atomic E-state index is 6.50. The number of unbranched alkanes of at least 4 members (excludes halogenated alkanes) is 1. The van der Waals surface area contributed by atoms with Crippen molar-refractivity contribution < 1.29 is 0 Å². The lowest BCUT2D eigenvalue weighted by Crippen LogP contribution is -2.51. The Balaban J connectivity index is 1.12. The predicted octanol–water partition coefficient (Wildman–Crippen LogP) is 18.1. The summed E-state index contributed by atoms with van der Waals surface area (Å²) in [5.41, 5.74) is 14.6. The molecule has 1 fully saturated rings. The summed E-state index contributed by atoms with van der Waals surface area (Å²) in [4.78, 5) is 3.12. The molecule has 1 unspecified atom stereocenters. The number of hydrogen-bond acceptors (Lipinski definition) is 2. The van der Waals surface area contributed by atoms with Crippen molar-refractivity contribution >= 4 is 291 Å². The van der Waals surface area contributed by atoms with Gasteiger partial charge in [0.1, 0.15) is 0 Å². The third kappa shape index (κ3) is 1.58. The summed E-state index contributed by atoms with van der Waals surface area (Å²) in [5, 5.41) is 90.5. The molecule has 0 radical (unpaired) electrons. The Morgan fingerprint density at radius 1 is 0.297 bits per heavy atom. The molecule has 1 saturated heterocycles. The number of nitrogens with two attached hydrogens (primary N) is 1. The lowest BCUT2D eigenvalue weighted by atomic mass is 9.47. The summed E-state index contributed by atoms with van der Waals surface area (Å²) in [6.45, 7) is 2.89. The van der Waals surface area contributed by atoms with Gasteiger partial charge in [-0.2, -0.15) is 0 Å². The van der Waals surface area contributed by atoms with Gasteiger partial charge in [0.15, 0.2) is 0 Å². The quantitative estimate of drug-likeness (QED) is 0.138. The number of hydrogen-bond donors (Lipinski definition) is 1. The largest absolute Gasteiger partial charge is 0.330 e. The molecule has 29 aromatic rings. The van der Waals surface area contributed by atoms with Gasteiger partial charge < -0.3 is 5.73 Å². The zero-order valence-corrected chi connectivity index (χ0v) is 38.5. The van der Waals surface area contributed by atoms with Crippen LogP contribution < -0.4 is 5.73 Å². The van der Waals surface area contributed by atoms with Crippen LogP contribution >= 0.6 is 0 Å². The highest BCUT2D eigenvalue weighted by atomic mass is 15.2. The van der Waals surface area contributed by atoms with Gasteiger partial charge in [0.25, 0.3) is 0 Å². The molecule has 29 aromatic carbocycles. The summed E-state index contributed by atoms with van der Waals surface area (Å²) in [6, 6.07) is 12.4. The van der Waals surface area contributed by atoms with Gasteiger partial charge in [-0.3, -0.25) is 4.90 Å². The van der Waals surface area contributed by atoms with Crippen LogP contribution in [0.3, 0.4) is 0 Å². The second-order valence-electron chi connectivity index (χ2n) is 27.2. The standard InChI is InChI=1S/C72H18N2/c73-8-4-5-9-74-10-71-66-58-50-40-30-22-14-12-13-16-20-18(14)26-34-28(20)38-32-24(16)25-17(13)21-19-15(12)23(22)31-37-27(19)35-29(21)39-33(25)43-42(32)54-48(38)56-46(34)52(44(50)36(26)30)60(66)62(56)68-64(54)65-55(43)49(39)57-47(35)53-45(37)51(41(31)40)59(58)67(71)61(53)63(57)69(65)72(68,71)70(74)11-6-2-1-3-7-11/h1-3,6-7,70H,4-5,8-10,73H2. The van der Waals surface area contributed by atoms with Crippen LogP contribution in [0.5, 0.6) is 0 Å². The van der Waals surface area contributed by atoms with Crippen LogP contribution in [0, 0.1) is 0 Å².